The molecule has 16 rings (SSSR count). The van der Waals surface area contributed by atoms with Gasteiger partial charge in [-0.2, -0.15) is 0 Å². The number of rotatable bonds is 14. The van der Waals surface area contributed by atoms with Gasteiger partial charge in [0, 0.05) is 129 Å². The molecule has 1 saturated carbocycles. The second kappa shape index (κ2) is 53.1. The van der Waals surface area contributed by atoms with Crippen LogP contribution in [-0.4, -0.2) is 399 Å². The topological polar surface area (TPSA) is 263 Å². The Balaban J connectivity index is 0.000000153. The molecule has 0 radical (unpaired) electrons. The minimum absolute atomic E-state index is 0.0360. The molecule has 712 valence electrons. The predicted octanol–water partition coefficient (Wildman–Crippen LogP) is 11.5. The van der Waals surface area contributed by atoms with Gasteiger partial charge in [-0.05, 0) is 400 Å². The highest BCUT2D eigenvalue weighted by molar-refractivity contribution is 5.76. The fourth-order valence-electron chi connectivity index (χ4n) is 22.9. The lowest BCUT2D eigenvalue weighted by atomic mass is 9.88. The van der Waals surface area contributed by atoms with E-state index in [9.17, 15) is 33.6 Å². The lowest BCUT2D eigenvalue weighted by molar-refractivity contribution is 0.0164. The van der Waals surface area contributed by atoms with Gasteiger partial charge in [0.25, 0.3) is 0 Å². The van der Waals surface area contributed by atoms with Crippen molar-refractivity contribution in [3.63, 3.8) is 0 Å². The molecular formula is C95H171N19O11. The van der Waals surface area contributed by atoms with E-state index in [0.717, 1.165) is 153 Å². The highest BCUT2D eigenvalue weighted by atomic mass is 16.6. The van der Waals surface area contributed by atoms with Crippen LogP contribution in [0.5, 0.6) is 0 Å². The van der Waals surface area contributed by atoms with Gasteiger partial charge in [0.2, 0.25) is 0 Å². The van der Waals surface area contributed by atoms with Crippen LogP contribution in [0, 0.1) is 41.4 Å². The van der Waals surface area contributed by atoms with Crippen LogP contribution in [0.4, 0.5) is 33.6 Å². The number of urea groups is 4. The summed E-state index contributed by atoms with van der Waals surface area (Å²) < 4.78 is 21.2. The number of nitrogens with zero attached hydrogens (tertiary/aromatic N) is 15. The predicted molar refractivity (Wildman–Crippen MR) is 494 cm³/mol. The maximum atomic E-state index is 12.4. The number of amides is 11. The van der Waals surface area contributed by atoms with E-state index in [0.29, 0.717) is 73.3 Å². The minimum Gasteiger partial charge on any atom is -0.447 e. The van der Waals surface area contributed by atoms with Crippen LogP contribution in [0.15, 0.2) is 24.4 Å². The van der Waals surface area contributed by atoms with Gasteiger partial charge in [-0.15, -0.1) is 0 Å². The highest BCUT2D eigenvalue weighted by Gasteiger charge is 2.44. The third-order valence-corrected chi connectivity index (χ3v) is 30.9. The minimum atomic E-state index is -0.174. The molecule has 0 spiro atoms. The van der Waals surface area contributed by atoms with Crippen LogP contribution in [0.1, 0.15) is 212 Å². The maximum Gasteiger partial charge on any atom is 0.410 e. The van der Waals surface area contributed by atoms with E-state index < -0.39 is 0 Å². The summed E-state index contributed by atoms with van der Waals surface area (Å²) in [4.78, 5) is 119. The van der Waals surface area contributed by atoms with Crippen molar-refractivity contribution in [2.75, 3.05) is 235 Å². The Kier molecular flexibility index (Phi) is 42.9. The molecule has 15 fully saturated rings. The largest absolute Gasteiger partial charge is 0.447 e. The van der Waals surface area contributed by atoms with Crippen LogP contribution >= 0.6 is 0 Å². The number of hydrogen-bond acceptors (Lipinski definition) is 19. The van der Waals surface area contributed by atoms with Crippen molar-refractivity contribution in [1.82, 2.24) is 94.8 Å². The van der Waals surface area contributed by atoms with Crippen LogP contribution < -0.4 is 21.3 Å². The molecule has 15 aliphatic rings. The molecule has 7 atom stereocenters. The molecule has 30 heteroatoms. The van der Waals surface area contributed by atoms with Gasteiger partial charge in [0.1, 0.15) is 19.3 Å². The fraction of sp³-hybridized carbons (Fsp3) is 0.874. The summed E-state index contributed by atoms with van der Waals surface area (Å²) in [5.41, 5.74) is 0.797. The molecule has 0 bridgehead atoms. The Morgan fingerprint density at radius 2 is 0.584 bits per heavy atom. The molecule has 0 aromatic carbocycles. The molecule has 15 heterocycles. The second-order valence-corrected chi connectivity index (χ2v) is 39.2. The summed E-state index contributed by atoms with van der Waals surface area (Å²) in [7, 11) is 22.1. The van der Waals surface area contributed by atoms with Crippen LogP contribution in [-0.2, 0) is 25.6 Å². The number of pyridine rings is 1. The average molecular weight is 1760 g/mol. The number of ether oxygens (including phenoxy) is 4. The van der Waals surface area contributed by atoms with Crippen molar-refractivity contribution in [2.24, 2.45) is 41.4 Å². The molecule has 2 unspecified atom stereocenters. The van der Waals surface area contributed by atoms with Gasteiger partial charge in [-0.25, -0.2) is 33.6 Å². The van der Waals surface area contributed by atoms with Gasteiger partial charge in [-0.3, -0.25) is 4.98 Å². The SMILES string of the molecule is CCNC(=O)N1CCCC1C1CCN(C)CC1.CN1CCC([C@@H]2CCCN2C(=O)OC2CCC2)CC1.CN1CCC([C@@H]2CCCN2C(=O)OCc2ccccn2)CC1.CNC(=O)N1CCCC1C1CCN(C)CC1.CNC(=O)N1CCC[C@@H]1C1CCN(C)CC1.CNC(=O)N1CCC[C@H]1C1CCN(C)CC1.COCCOC(=O)N1CCC[C@H]1C1CCN(C)CC1. The Labute approximate surface area is 753 Å². The average Bonchev–Trinajstić information content (AvgIpc) is 1.76. The zero-order valence-electron chi connectivity index (χ0n) is 79.8. The zero-order valence-corrected chi connectivity index (χ0v) is 79.8. The van der Waals surface area contributed by atoms with E-state index in [-0.39, 0.29) is 55.1 Å². The number of nitrogens with one attached hydrogen (secondary N) is 4. The van der Waals surface area contributed by atoms with Crippen LogP contribution in [0.25, 0.3) is 0 Å². The first-order valence-corrected chi connectivity index (χ1v) is 49.6. The third-order valence-electron chi connectivity index (χ3n) is 30.9. The smallest absolute Gasteiger partial charge is 0.410 e. The Hall–Kier alpha value is -6.28. The Bertz CT molecular complexity index is 3160. The normalized spacial score (nSPS) is 27.3. The number of methoxy groups -OCH3 is 1. The van der Waals surface area contributed by atoms with Gasteiger partial charge in [0.15, 0.2) is 0 Å². The van der Waals surface area contributed by atoms with Gasteiger partial charge in [0.05, 0.1) is 12.3 Å². The van der Waals surface area contributed by atoms with E-state index in [4.69, 9.17) is 18.9 Å². The molecule has 14 saturated heterocycles. The lowest BCUT2D eigenvalue weighted by Gasteiger charge is -2.37. The molecule has 14 aliphatic heterocycles. The van der Waals surface area contributed by atoms with Crippen molar-refractivity contribution in [3.05, 3.63) is 30.1 Å². The highest BCUT2D eigenvalue weighted by Crippen LogP contribution is 2.39. The number of piperidine rings is 7. The summed E-state index contributed by atoms with van der Waals surface area (Å²) in [6.07, 6.45) is 38.4. The van der Waals surface area contributed by atoms with Crippen molar-refractivity contribution in [1.29, 1.82) is 0 Å². The Morgan fingerprint density at radius 3 is 0.832 bits per heavy atom. The first-order valence-electron chi connectivity index (χ1n) is 49.6. The van der Waals surface area contributed by atoms with Gasteiger partial charge in [-0.1, -0.05) is 6.07 Å². The van der Waals surface area contributed by atoms with Gasteiger partial charge < -0.3 is 109 Å². The van der Waals surface area contributed by atoms with Crippen molar-refractivity contribution in [3.8, 4) is 0 Å². The summed E-state index contributed by atoms with van der Waals surface area (Å²) in [6.45, 7) is 26.5. The van der Waals surface area contributed by atoms with Crippen LogP contribution in [0.2, 0.25) is 0 Å². The quantitative estimate of drug-likeness (QED) is 0.0996. The van der Waals surface area contributed by atoms with E-state index >= 15 is 0 Å². The standard InChI is InChI=1S/C17H25N3O2.C15H26N2O2.C14H26N2O3.C13H25N3O.3C12H23N3O/c1-19-11-7-14(8-12-19)16-6-4-10-20(16)17(21)22-13-15-5-2-3-9-18-15;1-16-10-7-12(8-11-16)14-6-3-9-17(14)15(18)19-13-4-2-5-13;1-15-8-5-12(6-9-15)13-4-3-7-16(13)14(17)19-11-10-18-2;1-3-14-13(17)16-8-4-5-12(16)11-6-9-15(2)10-7-11;3*1-13-12(16)15-7-3-4-11(15)10-5-8-14(2)9-6-10/h2-3,5,9,14,16H,4,6-8,10-13H2,1H3;12-14H,2-11H2,1H3;12-13H,3-11H2,1-2H3;11-12H,3-10H2,1-2H3,(H,14,17);3*10-11H,3-9H2,1-2H3,(H,13,16)/t16-;14-;13-;;2*11-;/m000.10./s1. The first-order chi connectivity index (χ1) is 60.6. The van der Waals surface area contributed by atoms with Crippen LogP contribution in [0.3, 0.4) is 0 Å². The molecule has 125 heavy (non-hydrogen) atoms. The fourth-order valence-corrected chi connectivity index (χ4v) is 22.9. The summed E-state index contributed by atoms with van der Waals surface area (Å²) in [5, 5.41) is 11.2. The number of hydrogen-bond donors (Lipinski definition) is 4. The summed E-state index contributed by atoms with van der Waals surface area (Å²) in [5.74, 6) is 4.83. The lowest BCUT2D eigenvalue weighted by Crippen LogP contribution is -2.47. The van der Waals surface area contributed by atoms with E-state index in [1.807, 2.05) is 39.8 Å². The van der Waals surface area contributed by atoms with Crippen molar-refractivity contribution in [2.45, 2.75) is 261 Å². The number of carbonyl (C=O) groups is 7. The maximum absolute atomic E-state index is 12.4. The summed E-state index contributed by atoms with van der Waals surface area (Å²) >= 11 is 0. The molecule has 1 aromatic heterocycles. The molecule has 1 aliphatic carbocycles. The monoisotopic (exact) mass is 1750 g/mol. The molecular weight excluding hydrogens is 1580 g/mol. The van der Waals surface area contributed by atoms with E-state index in [1.165, 1.54) is 220 Å². The van der Waals surface area contributed by atoms with E-state index in [2.05, 4.69) is 129 Å². The van der Waals surface area contributed by atoms with E-state index in [1.54, 1.807) is 34.4 Å². The third kappa shape index (κ3) is 30.7. The number of carbonyl (C=O) groups excluding carboxylic acids is 7. The molecule has 4 N–H and O–H groups in total. The zero-order chi connectivity index (χ0) is 89.2. The molecule has 1 aromatic rings. The molecule has 30 nitrogen and oxygen atoms in total. The number of aromatic nitrogens is 1. The van der Waals surface area contributed by atoms with Crippen molar-refractivity contribution < 1.29 is 52.5 Å². The second-order valence-electron chi connectivity index (χ2n) is 39.2. The molecule has 11 amide bonds. The number of likely N-dealkylation sites (tertiary alicyclic amines) is 14. The van der Waals surface area contributed by atoms with Crippen molar-refractivity contribution >= 4 is 42.4 Å². The Morgan fingerprint density at radius 1 is 0.320 bits per heavy atom. The first kappa shape index (κ1) is 101. The van der Waals surface area contributed by atoms with Gasteiger partial charge >= 0.3 is 42.4 Å². The summed E-state index contributed by atoms with van der Waals surface area (Å²) in [6, 6.07) is 9.32.